The molecule has 0 spiro atoms. The third-order valence-corrected chi connectivity index (χ3v) is 2.42. The van der Waals surface area contributed by atoms with Crippen molar-refractivity contribution in [1.82, 2.24) is 5.01 Å². The van der Waals surface area contributed by atoms with E-state index in [2.05, 4.69) is 10.1 Å². The lowest BCUT2D eigenvalue weighted by atomic mass is 10.1. The minimum atomic E-state index is -1.95. The lowest BCUT2D eigenvalue weighted by molar-refractivity contribution is -0.0977. The van der Waals surface area contributed by atoms with Crippen molar-refractivity contribution < 1.29 is 14.7 Å². The van der Waals surface area contributed by atoms with E-state index in [0.29, 0.717) is 5.56 Å². The topological polar surface area (TPSA) is 82.3 Å². The van der Waals surface area contributed by atoms with Crippen LogP contribution in [-0.2, 0) is 22.0 Å². The molecule has 0 radical (unpaired) electrons. The van der Waals surface area contributed by atoms with Crippen molar-refractivity contribution in [3.05, 3.63) is 35.4 Å². The summed E-state index contributed by atoms with van der Waals surface area (Å²) < 4.78 is 0. The zero-order valence-corrected chi connectivity index (χ0v) is 8.12. The van der Waals surface area contributed by atoms with Crippen LogP contribution < -0.4 is 0 Å². The summed E-state index contributed by atoms with van der Waals surface area (Å²) in [6.45, 7) is 0.188. The Labute approximate surface area is 90.5 Å². The van der Waals surface area contributed by atoms with Gasteiger partial charge in [0.2, 0.25) is 6.08 Å². The molecule has 1 aliphatic heterocycles. The molecule has 80 valence electrons. The summed E-state index contributed by atoms with van der Waals surface area (Å²) in [5.41, 5.74) is 1.15. The van der Waals surface area contributed by atoms with Gasteiger partial charge in [-0.2, -0.15) is 0 Å². The molecule has 1 aliphatic rings. The van der Waals surface area contributed by atoms with E-state index in [9.17, 15) is 14.7 Å². The molecule has 1 atom stereocenters. The highest BCUT2D eigenvalue weighted by Gasteiger charge is 2.44. The van der Waals surface area contributed by atoms with E-state index in [0.717, 1.165) is 10.6 Å². The highest BCUT2D eigenvalue weighted by atomic mass is 16.3. The first kappa shape index (κ1) is 10.3. The first-order valence-electron chi connectivity index (χ1n) is 4.47. The van der Waals surface area contributed by atoms with Gasteiger partial charge in [-0.1, -0.05) is 29.4 Å². The van der Waals surface area contributed by atoms with Crippen molar-refractivity contribution in [2.45, 2.75) is 12.4 Å². The normalized spacial score (nSPS) is 21.9. The molecule has 0 saturated carbocycles. The number of hydrogen-bond acceptors (Lipinski definition) is 6. The summed E-state index contributed by atoms with van der Waals surface area (Å²) in [5, 5.41) is 14.5. The molecule has 1 aromatic rings. The Bertz CT molecular complexity index is 518. The Kier molecular flexibility index (Phi) is 2.38. The number of nitrogens with zero attached hydrogens (tertiary/aromatic N) is 3. The maximum Gasteiger partial charge on any atom is 0.291 e. The first-order valence-corrected chi connectivity index (χ1v) is 4.47. The van der Waals surface area contributed by atoms with Crippen LogP contribution in [0.15, 0.2) is 34.4 Å². The third kappa shape index (κ3) is 1.34. The quantitative estimate of drug-likeness (QED) is 0.566. The molecule has 0 saturated heterocycles. The zero-order valence-electron chi connectivity index (χ0n) is 8.12. The minimum Gasteiger partial charge on any atom is -0.347 e. The molecule has 0 aromatic heterocycles. The molecular formula is C10H7N3O3. The Hall–Kier alpha value is -2.26. The molecule has 0 aliphatic carbocycles. The van der Waals surface area contributed by atoms with Crippen molar-refractivity contribution in [2.24, 2.45) is 10.1 Å². The van der Waals surface area contributed by atoms with Crippen LogP contribution in [0.3, 0.4) is 0 Å². The number of aliphatic hydroxyl groups is 1. The second-order valence-electron chi connectivity index (χ2n) is 3.24. The van der Waals surface area contributed by atoms with E-state index in [1.54, 1.807) is 24.3 Å². The molecular weight excluding hydrogens is 210 g/mol. The summed E-state index contributed by atoms with van der Waals surface area (Å²) >= 11 is 0. The van der Waals surface area contributed by atoms with Gasteiger partial charge in [0, 0.05) is 5.56 Å². The van der Waals surface area contributed by atoms with Crippen LogP contribution in [0.25, 0.3) is 0 Å². The van der Waals surface area contributed by atoms with E-state index in [1.807, 2.05) is 0 Å². The second-order valence-corrected chi connectivity index (χ2v) is 3.24. The maximum atomic E-state index is 10.3. The van der Waals surface area contributed by atoms with Crippen LogP contribution in [0.1, 0.15) is 11.1 Å². The van der Waals surface area contributed by atoms with Gasteiger partial charge in [-0.15, -0.1) is 4.99 Å². The lowest BCUT2D eigenvalue weighted by Crippen LogP contribution is -2.35. The predicted molar refractivity (Wildman–Crippen MR) is 52.1 cm³/mol. The van der Waals surface area contributed by atoms with Crippen molar-refractivity contribution >= 4 is 12.2 Å². The Morgan fingerprint density at radius 1 is 1.31 bits per heavy atom. The molecule has 2 rings (SSSR count). The summed E-state index contributed by atoms with van der Waals surface area (Å²) in [7, 11) is 0. The van der Waals surface area contributed by atoms with Crippen molar-refractivity contribution in [3.8, 4) is 0 Å². The van der Waals surface area contributed by atoms with Crippen molar-refractivity contribution in [3.63, 3.8) is 0 Å². The van der Waals surface area contributed by atoms with Gasteiger partial charge in [0.1, 0.15) is 0 Å². The standard InChI is InChI=1S/C10H7N3O3/c14-6-11-10(16)9-4-2-1-3-8(9)5-13(10)12-7-15/h1-4,16H,5H2. The molecule has 6 heteroatoms. The maximum absolute atomic E-state index is 10.3. The fourth-order valence-corrected chi connectivity index (χ4v) is 1.73. The summed E-state index contributed by atoms with van der Waals surface area (Å²) in [6, 6.07) is 6.83. The average Bonchev–Trinajstić information content (AvgIpc) is 2.55. The molecule has 1 aromatic carbocycles. The second kappa shape index (κ2) is 3.72. The van der Waals surface area contributed by atoms with Gasteiger partial charge in [-0.3, -0.25) is 0 Å². The van der Waals surface area contributed by atoms with Gasteiger partial charge in [-0.05, 0) is 5.56 Å². The van der Waals surface area contributed by atoms with E-state index in [1.165, 1.54) is 12.2 Å². The number of isocyanates is 2. The Morgan fingerprint density at radius 2 is 2.06 bits per heavy atom. The Balaban J connectivity index is 2.60. The number of carbonyl (C=O) groups excluding carboxylic acids is 2. The third-order valence-electron chi connectivity index (χ3n) is 2.42. The highest BCUT2D eigenvalue weighted by molar-refractivity contribution is 5.42. The highest BCUT2D eigenvalue weighted by Crippen LogP contribution is 2.37. The molecule has 0 fully saturated rings. The number of hydrogen-bond donors (Lipinski definition) is 1. The van der Waals surface area contributed by atoms with Crippen LogP contribution in [0.4, 0.5) is 0 Å². The molecule has 0 bridgehead atoms. The number of fused-ring (bicyclic) bond motifs is 1. The van der Waals surface area contributed by atoms with Crippen LogP contribution in [0.5, 0.6) is 0 Å². The van der Waals surface area contributed by atoms with Gasteiger partial charge < -0.3 is 5.11 Å². The Morgan fingerprint density at radius 3 is 2.75 bits per heavy atom. The number of hydrazone groups is 1. The molecule has 16 heavy (non-hydrogen) atoms. The van der Waals surface area contributed by atoms with E-state index in [-0.39, 0.29) is 6.54 Å². The van der Waals surface area contributed by atoms with Crippen molar-refractivity contribution in [1.29, 1.82) is 0 Å². The van der Waals surface area contributed by atoms with Gasteiger partial charge >= 0.3 is 0 Å². The van der Waals surface area contributed by atoms with Crippen LogP contribution in [0.2, 0.25) is 0 Å². The zero-order chi connectivity index (χ0) is 11.6. The van der Waals surface area contributed by atoms with Gasteiger partial charge in [-0.25, -0.2) is 14.6 Å². The van der Waals surface area contributed by atoms with Gasteiger partial charge in [0.05, 0.1) is 6.54 Å². The number of aliphatic imine (C=N–C) groups is 1. The fraction of sp³-hybridized carbons (Fsp3) is 0.200. The van der Waals surface area contributed by atoms with Gasteiger partial charge in [0.15, 0.2) is 0 Å². The van der Waals surface area contributed by atoms with E-state index >= 15 is 0 Å². The van der Waals surface area contributed by atoms with Gasteiger partial charge in [0.25, 0.3) is 11.9 Å². The number of rotatable bonds is 2. The van der Waals surface area contributed by atoms with E-state index < -0.39 is 5.85 Å². The molecule has 1 unspecified atom stereocenters. The smallest absolute Gasteiger partial charge is 0.291 e. The SMILES string of the molecule is O=C=NN1Cc2ccccc2C1(O)N=C=O. The molecule has 0 amide bonds. The summed E-state index contributed by atoms with van der Waals surface area (Å²) in [6.07, 6.45) is 2.58. The predicted octanol–water partition coefficient (Wildman–Crippen LogP) is 0.191. The lowest BCUT2D eigenvalue weighted by Gasteiger charge is -2.24. The fourth-order valence-electron chi connectivity index (χ4n) is 1.73. The van der Waals surface area contributed by atoms with Crippen LogP contribution >= 0.6 is 0 Å². The van der Waals surface area contributed by atoms with E-state index in [4.69, 9.17) is 0 Å². The van der Waals surface area contributed by atoms with Crippen LogP contribution in [-0.4, -0.2) is 22.3 Å². The minimum absolute atomic E-state index is 0.188. The first-order chi connectivity index (χ1) is 7.72. The number of benzene rings is 1. The van der Waals surface area contributed by atoms with Crippen molar-refractivity contribution in [2.75, 3.05) is 0 Å². The summed E-state index contributed by atoms with van der Waals surface area (Å²) in [4.78, 5) is 23.8. The molecule has 1 heterocycles. The van der Waals surface area contributed by atoms with Crippen LogP contribution in [0, 0.1) is 0 Å². The monoisotopic (exact) mass is 217 g/mol. The summed E-state index contributed by atoms with van der Waals surface area (Å²) in [5.74, 6) is -1.95. The molecule has 1 N–H and O–H groups in total. The average molecular weight is 217 g/mol. The molecule has 6 nitrogen and oxygen atoms in total. The largest absolute Gasteiger partial charge is 0.347 e.